The van der Waals surface area contributed by atoms with Gasteiger partial charge in [0.2, 0.25) is 0 Å². The molecule has 2 aromatic rings. The molecule has 0 amide bonds. The Morgan fingerprint density at radius 1 is 1.06 bits per heavy atom. The molecule has 1 aromatic carbocycles. The number of nitrogens with zero attached hydrogens (tertiary/aromatic N) is 2. The maximum Gasteiger partial charge on any atom is 0.124 e. The lowest BCUT2D eigenvalue weighted by molar-refractivity contribution is -0.127. The molecule has 1 saturated carbocycles. The van der Waals surface area contributed by atoms with Gasteiger partial charge in [-0.15, -0.1) is 0 Å². The van der Waals surface area contributed by atoms with E-state index in [1.165, 1.54) is 5.56 Å². The second kappa shape index (κ2) is 8.98. The van der Waals surface area contributed by atoms with Gasteiger partial charge in [0.25, 0.3) is 0 Å². The van der Waals surface area contributed by atoms with E-state index in [1.54, 1.807) is 12.4 Å². The van der Waals surface area contributed by atoms with Crippen molar-refractivity contribution >= 4 is 0 Å². The highest BCUT2D eigenvalue weighted by Gasteiger charge is 2.55. The van der Waals surface area contributed by atoms with E-state index in [0.717, 1.165) is 55.5 Å². The third-order valence-corrected chi connectivity index (χ3v) is 7.38. The van der Waals surface area contributed by atoms with E-state index in [1.807, 2.05) is 6.07 Å². The van der Waals surface area contributed by atoms with Crippen molar-refractivity contribution in [2.75, 3.05) is 20.1 Å². The Morgan fingerprint density at radius 3 is 2.31 bits per heavy atom. The molecule has 170 valence electrons. The smallest absolute Gasteiger partial charge is 0.124 e. The molecule has 1 aliphatic carbocycles. The lowest BCUT2D eigenvalue weighted by atomic mass is 9.62. The van der Waals surface area contributed by atoms with Gasteiger partial charge in [0.15, 0.2) is 0 Å². The van der Waals surface area contributed by atoms with Gasteiger partial charge in [-0.2, -0.15) is 0 Å². The first-order chi connectivity index (χ1) is 15.2. The molecule has 4 rings (SSSR count). The molecule has 1 atom stereocenters. The van der Waals surface area contributed by atoms with Crippen LogP contribution in [0.5, 0.6) is 0 Å². The van der Waals surface area contributed by atoms with Crippen LogP contribution in [0, 0.1) is 23.2 Å². The first kappa shape index (κ1) is 23.0. The highest BCUT2D eigenvalue weighted by molar-refractivity contribution is 5.44. The van der Waals surface area contributed by atoms with Crippen LogP contribution in [0.3, 0.4) is 0 Å². The van der Waals surface area contributed by atoms with Crippen molar-refractivity contribution in [1.29, 1.82) is 0 Å². The zero-order chi connectivity index (χ0) is 22.9. The number of pyridine rings is 1. The van der Waals surface area contributed by atoms with E-state index in [0.29, 0.717) is 11.8 Å². The Balaban J connectivity index is 1.69. The van der Waals surface area contributed by atoms with Crippen molar-refractivity contribution < 1.29 is 10.2 Å². The summed E-state index contributed by atoms with van der Waals surface area (Å²) in [7, 11) is 2.09. The molecule has 2 N–H and O–H groups in total. The molecular weight excluding hydrogens is 396 g/mol. The van der Waals surface area contributed by atoms with Crippen molar-refractivity contribution in [2.45, 2.75) is 64.1 Å². The monoisotopic (exact) mass is 432 g/mol. The van der Waals surface area contributed by atoms with Gasteiger partial charge in [0, 0.05) is 47.9 Å². The fourth-order valence-electron chi connectivity index (χ4n) is 5.46. The Kier molecular flexibility index (Phi) is 6.45. The summed E-state index contributed by atoms with van der Waals surface area (Å²) >= 11 is 0. The normalized spacial score (nSPS) is 24.8. The maximum absolute atomic E-state index is 12.3. The molecule has 1 saturated heterocycles. The molecule has 0 unspecified atom stereocenters. The fourth-order valence-corrected chi connectivity index (χ4v) is 5.46. The van der Waals surface area contributed by atoms with Gasteiger partial charge < -0.3 is 15.1 Å². The van der Waals surface area contributed by atoms with Gasteiger partial charge in [-0.25, -0.2) is 0 Å². The number of aliphatic hydroxyl groups is 2. The quantitative estimate of drug-likeness (QED) is 0.708. The van der Waals surface area contributed by atoms with Crippen molar-refractivity contribution in [3.05, 3.63) is 65.0 Å². The van der Waals surface area contributed by atoms with Crippen LogP contribution in [0.2, 0.25) is 0 Å². The van der Waals surface area contributed by atoms with Gasteiger partial charge >= 0.3 is 0 Å². The predicted octanol–water partition coefficient (Wildman–Crippen LogP) is 4.30. The second-order valence-corrected chi connectivity index (χ2v) is 10.5. The van der Waals surface area contributed by atoms with E-state index < -0.39 is 5.60 Å². The number of hydrogen-bond donors (Lipinski definition) is 2. The lowest BCUT2D eigenvalue weighted by Crippen LogP contribution is -2.63. The highest BCUT2D eigenvalue weighted by Crippen LogP contribution is 2.50. The third kappa shape index (κ3) is 4.35. The van der Waals surface area contributed by atoms with Crippen LogP contribution in [0.25, 0.3) is 0 Å². The van der Waals surface area contributed by atoms with E-state index in [-0.39, 0.29) is 11.5 Å². The van der Waals surface area contributed by atoms with Crippen LogP contribution in [0.4, 0.5) is 0 Å². The zero-order valence-corrected chi connectivity index (χ0v) is 19.8. The van der Waals surface area contributed by atoms with Gasteiger partial charge in [-0.3, -0.25) is 4.98 Å². The van der Waals surface area contributed by atoms with Crippen molar-refractivity contribution in [3.63, 3.8) is 0 Å². The van der Waals surface area contributed by atoms with Crippen molar-refractivity contribution in [3.8, 4) is 11.8 Å². The summed E-state index contributed by atoms with van der Waals surface area (Å²) in [6.45, 7) is 8.16. The molecule has 4 heteroatoms. The number of rotatable bonds is 4. The van der Waals surface area contributed by atoms with E-state index in [9.17, 15) is 10.2 Å². The maximum atomic E-state index is 12.3. The Labute approximate surface area is 192 Å². The molecular formula is C28H36N2O2. The summed E-state index contributed by atoms with van der Waals surface area (Å²) in [5, 5.41) is 22.0. The number of benzene rings is 1. The van der Waals surface area contributed by atoms with E-state index in [4.69, 9.17) is 0 Å². The summed E-state index contributed by atoms with van der Waals surface area (Å²) < 4.78 is 0. The minimum absolute atomic E-state index is 0.170. The summed E-state index contributed by atoms with van der Waals surface area (Å²) in [6, 6.07) is 10.4. The largest absolute Gasteiger partial charge is 0.393 e. The Bertz CT molecular complexity index is 990. The summed E-state index contributed by atoms with van der Waals surface area (Å²) in [5.74, 6) is 7.45. The number of likely N-dealkylation sites (tertiary alicyclic amines) is 1. The Hall–Kier alpha value is -2.19. The molecule has 32 heavy (non-hydrogen) atoms. The van der Waals surface area contributed by atoms with Crippen molar-refractivity contribution in [2.24, 2.45) is 11.3 Å². The number of aliphatic hydroxyl groups excluding tert-OH is 1. The predicted molar refractivity (Wildman–Crippen MR) is 128 cm³/mol. The molecule has 0 spiro atoms. The molecule has 4 nitrogen and oxygen atoms in total. The van der Waals surface area contributed by atoms with Crippen LogP contribution in [0.15, 0.2) is 42.7 Å². The molecule has 0 bridgehead atoms. The molecule has 2 heterocycles. The highest BCUT2D eigenvalue weighted by atomic mass is 16.3. The second-order valence-electron chi connectivity index (χ2n) is 10.5. The summed E-state index contributed by atoms with van der Waals surface area (Å²) in [6.07, 6.45) is 6.95. The Morgan fingerprint density at radius 2 is 1.72 bits per heavy atom. The first-order valence-electron chi connectivity index (χ1n) is 11.9. The van der Waals surface area contributed by atoms with Gasteiger partial charge in [-0.05, 0) is 55.8 Å². The molecule has 2 aliphatic rings. The van der Waals surface area contributed by atoms with Crippen LogP contribution in [-0.4, -0.2) is 46.3 Å². The van der Waals surface area contributed by atoms with Crippen LogP contribution < -0.4 is 0 Å². The van der Waals surface area contributed by atoms with Gasteiger partial charge in [-0.1, -0.05) is 56.9 Å². The topological polar surface area (TPSA) is 56.6 Å². The van der Waals surface area contributed by atoms with Crippen LogP contribution in [-0.2, 0) is 5.60 Å². The standard InChI is InChI=1S/C28H36N2O2/c1-20(2)23-9-11-24(12-10-23)28(32,27(3)18-30(4)19-27)25-15-22(16-29-17-25)6-5-21-7-13-26(31)14-8-21/h9-12,15-17,20-21,26,31-32H,7-8,13-14,18-19H2,1-4H3/t21-,26-,28-/m0/s1. The summed E-state index contributed by atoms with van der Waals surface area (Å²) in [5.41, 5.74) is 2.36. The molecule has 1 aromatic heterocycles. The zero-order valence-electron chi connectivity index (χ0n) is 19.8. The molecule has 2 fully saturated rings. The van der Waals surface area contributed by atoms with Crippen molar-refractivity contribution in [1.82, 2.24) is 9.88 Å². The lowest BCUT2D eigenvalue weighted by Gasteiger charge is -2.55. The average molecular weight is 433 g/mol. The summed E-state index contributed by atoms with van der Waals surface area (Å²) in [4.78, 5) is 6.71. The van der Waals surface area contributed by atoms with E-state index >= 15 is 0 Å². The molecule has 0 radical (unpaired) electrons. The minimum Gasteiger partial charge on any atom is -0.393 e. The number of aromatic nitrogens is 1. The first-order valence-corrected chi connectivity index (χ1v) is 11.9. The van der Waals surface area contributed by atoms with E-state index in [2.05, 4.69) is 73.8 Å². The van der Waals surface area contributed by atoms with Crippen LogP contribution >= 0.6 is 0 Å². The third-order valence-electron chi connectivity index (χ3n) is 7.38. The van der Waals surface area contributed by atoms with Crippen LogP contribution in [0.1, 0.15) is 74.6 Å². The average Bonchev–Trinajstić information content (AvgIpc) is 2.77. The SMILES string of the molecule is CC(C)c1ccc([C@](O)(c2cncc(C#C[C@H]3CC[C@H](O)CC3)c2)C2(C)CN(C)C2)cc1. The number of hydrogen-bond acceptors (Lipinski definition) is 4. The van der Waals surface area contributed by atoms with Gasteiger partial charge in [0.05, 0.1) is 6.10 Å². The molecule has 1 aliphatic heterocycles. The fraction of sp³-hybridized carbons (Fsp3) is 0.536. The minimum atomic E-state index is -1.14. The van der Waals surface area contributed by atoms with Gasteiger partial charge in [0.1, 0.15) is 5.60 Å².